The second kappa shape index (κ2) is 5.24. The molecule has 0 saturated carbocycles. The van der Waals surface area contributed by atoms with Gasteiger partial charge in [-0.05, 0) is 18.2 Å². The Morgan fingerprint density at radius 3 is 2.79 bits per heavy atom. The first-order valence-electron chi connectivity index (χ1n) is 5.44. The van der Waals surface area contributed by atoms with Gasteiger partial charge in [-0.2, -0.15) is 0 Å². The number of nitrogens with one attached hydrogen (secondary N) is 1. The predicted molar refractivity (Wildman–Crippen MR) is 69.8 cm³/mol. The number of rotatable bonds is 3. The Hall–Kier alpha value is -2.14. The van der Waals surface area contributed by atoms with Gasteiger partial charge in [-0.3, -0.25) is 9.69 Å². The maximum Gasteiger partial charge on any atom is 0.329 e. The van der Waals surface area contributed by atoms with Crippen LogP contribution in [0.4, 0.5) is 9.18 Å². The summed E-state index contributed by atoms with van der Waals surface area (Å²) in [6.07, 6.45) is 2.65. The van der Waals surface area contributed by atoms with Crippen LogP contribution in [0.15, 0.2) is 36.6 Å². The maximum absolute atomic E-state index is 13.6. The van der Waals surface area contributed by atoms with E-state index in [1.54, 1.807) is 0 Å². The molecular weight excluding hydrogens is 271 g/mol. The molecule has 0 atom stereocenters. The van der Waals surface area contributed by atoms with Gasteiger partial charge in [-0.15, -0.1) is 6.58 Å². The van der Waals surface area contributed by atoms with Crippen LogP contribution in [-0.4, -0.2) is 23.4 Å². The van der Waals surface area contributed by atoms with Crippen molar-refractivity contribution in [3.8, 4) is 0 Å². The monoisotopic (exact) mass is 280 g/mol. The average Bonchev–Trinajstić information content (AvgIpc) is 2.62. The molecule has 0 radical (unpaired) electrons. The highest BCUT2D eigenvalue weighted by Gasteiger charge is 2.32. The van der Waals surface area contributed by atoms with Gasteiger partial charge in [-0.1, -0.05) is 23.7 Å². The quantitative estimate of drug-likeness (QED) is 0.525. The first-order chi connectivity index (χ1) is 9.04. The summed E-state index contributed by atoms with van der Waals surface area (Å²) in [7, 11) is 0. The van der Waals surface area contributed by atoms with Gasteiger partial charge in [-0.25, -0.2) is 9.18 Å². The van der Waals surface area contributed by atoms with E-state index in [4.69, 9.17) is 11.6 Å². The van der Waals surface area contributed by atoms with Crippen molar-refractivity contribution in [3.63, 3.8) is 0 Å². The van der Waals surface area contributed by atoms with Crippen LogP contribution in [0, 0.1) is 5.82 Å². The third-order valence-electron chi connectivity index (χ3n) is 2.56. The van der Waals surface area contributed by atoms with Crippen molar-refractivity contribution >= 4 is 29.6 Å². The molecule has 1 fully saturated rings. The molecule has 1 aliphatic heterocycles. The van der Waals surface area contributed by atoms with Crippen LogP contribution in [0.1, 0.15) is 5.56 Å². The molecule has 0 unspecified atom stereocenters. The molecule has 98 valence electrons. The van der Waals surface area contributed by atoms with Gasteiger partial charge < -0.3 is 5.32 Å². The number of carbonyl (C=O) groups is 2. The summed E-state index contributed by atoms with van der Waals surface area (Å²) in [5.41, 5.74) is 0.0483. The molecule has 1 aromatic carbocycles. The van der Waals surface area contributed by atoms with Crippen LogP contribution in [0.3, 0.4) is 0 Å². The topological polar surface area (TPSA) is 49.4 Å². The lowest BCUT2D eigenvalue weighted by molar-refractivity contribution is -0.122. The highest BCUT2D eigenvalue weighted by Crippen LogP contribution is 2.23. The molecule has 6 heteroatoms. The number of urea groups is 1. The Morgan fingerprint density at radius 1 is 1.42 bits per heavy atom. The summed E-state index contributed by atoms with van der Waals surface area (Å²) in [4.78, 5) is 24.4. The van der Waals surface area contributed by atoms with Crippen molar-refractivity contribution in [2.24, 2.45) is 0 Å². The van der Waals surface area contributed by atoms with E-state index < -0.39 is 17.8 Å². The fraction of sp³-hybridized carbons (Fsp3) is 0.0769. The average molecular weight is 281 g/mol. The van der Waals surface area contributed by atoms with Crippen LogP contribution in [0.5, 0.6) is 0 Å². The summed E-state index contributed by atoms with van der Waals surface area (Å²) in [5, 5.41) is 2.53. The van der Waals surface area contributed by atoms with Crippen molar-refractivity contribution in [2.45, 2.75) is 0 Å². The van der Waals surface area contributed by atoms with Crippen molar-refractivity contribution < 1.29 is 14.0 Å². The summed E-state index contributed by atoms with van der Waals surface area (Å²) in [5.74, 6) is -1.10. The number of hydrogen-bond donors (Lipinski definition) is 1. The lowest BCUT2D eigenvalue weighted by Gasteiger charge is -2.07. The fourth-order valence-electron chi connectivity index (χ4n) is 1.66. The molecule has 0 aliphatic carbocycles. The third kappa shape index (κ3) is 2.51. The van der Waals surface area contributed by atoms with E-state index in [-0.39, 0.29) is 22.8 Å². The van der Waals surface area contributed by atoms with E-state index in [1.807, 2.05) is 0 Å². The molecule has 1 saturated heterocycles. The van der Waals surface area contributed by atoms with Crippen LogP contribution >= 0.6 is 11.6 Å². The number of imide groups is 1. The molecule has 2 rings (SSSR count). The van der Waals surface area contributed by atoms with E-state index >= 15 is 0 Å². The molecule has 1 N–H and O–H groups in total. The predicted octanol–water partition coefficient (Wildman–Crippen LogP) is 2.56. The van der Waals surface area contributed by atoms with Gasteiger partial charge >= 0.3 is 6.03 Å². The van der Waals surface area contributed by atoms with Gasteiger partial charge in [0.25, 0.3) is 5.91 Å². The molecule has 4 nitrogen and oxygen atoms in total. The normalized spacial score (nSPS) is 16.9. The van der Waals surface area contributed by atoms with Crippen molar-refractivity contribution in [3.05, 3.63) is 53.0 Å². The minimum atomic E-state index is -0.566. The SMILES string of the molecule is C=CCN1C(=O)NC(=Cc2c(F)cccc2Cl)C1=O. The number of benzene rings is 1. The maximum atomic E-state index is 13.6. The summed E-state index contributed by atoms with van der Waals surface area (Å²) in [6.45, 7) is 3.55. The van der Waals surface area contributed by atoms with Gasteiger partial charge in [0.15, 0.2) is 0 Å². The first-order valence-corrected chi connectivity index (χ1v) is 5.82. The Labute approximate surface area is 114 Å². The molecule has 1 heterocycles. The minimum absolute atomic E-state index is 0.0150. The largest absolute Gasteiger partial charge is 0.329 e. The van der Waals surface area contributed by atoms with Crippen LogP contribution < -0.4 is 5.32 Å². The number of halogens is 2. The third-order valence-corrected chi connectivity index (χ3v) is 2.89. The zero-order valence-corrected chi connectivity index (χ0v) is 10.6. The van der Waals surface area contributed by atoms with Crippen molar-refractivity contribution in [1.82, 2.24) is 10.2 Å². The zero-order valence-electron chi connectivity index (χ0n) is 9.82. The summed E-state index contributed by atoms with van der Waals surface area (Å²) in [6, 6.07) is 3.61. The molecule has 1 aliphatic rings. The lowest BCUT2D eigenvalue weighted by Crippen LogP contribution is -2.30. The van der Waals surface area contributed by atoms with Gasteiger partial charge in [0.05, 0.1) is 5.02 Å². The van der Waals surface area contributed by atoms with Crippen LogP contribution in [0.25, 0.3) is 6.08 Å². The van der Waals surface area contributed by atoms with E-state index in [9.17, 15) is 14.0 Å². The molecule has 0 aromatic heterocycles. The van der Waals surface area contributed by atoms with E-state index in [2.05, 4.69) is 11.9 Å². The van der Waals surface area contributed by atoms with Crippen molar-refractivity contribution in [2.75, 3.05) is 6.54 Å². The number of carbonyl (C=O) groups excluding carboxylic acids is 2. The summed E-state index contributed by atoms with van der Waals surface area (Å²) >= 11 is 5.85. The molecule has 1 aromatic rings. The van der Waals surface area contributed by atoms with Crippen LogP contribution in [0.2, 0.25) is 5.02 Å². The molecule has 3 amide bonds. The Kier molecular flexibility index (Phi) is 3.66. The van der Waals surface area contributed by atoms with Gasteiger partial charge in [0.1, 0.15) is 11.5 Å². The first kappa shape index (κ1) is 13.3. The zero-order chi connectivity index (χ0) is 14.0. The molecule has 0 bridgehead atoms. The van der Waals surface area contributed by atoms with E-state index in [1.165, 1.54) is 30.4 Å². The Bertz CT molecular complexity index is 578. The molecule has 0 spiro atoms. The Morgan fingerprint density at radius 2 is 2.16 bits per heavy atom. The van der Waals surface area contributed by atoms with Crippen LogP contribution in [-0.2, 0) is 4.79 Å². The smallest absolute Gasteiger partial charge is 0.303 e. The number of nitrogens with zero attached hydrogens (tertiary/aromatic N) is 1. The van der Waals surface area contributed by atoms with Gasteiger partial charge in [0, 0.05) is 12.1 Å². The fourth-order valence-corrected chi connectivity index (χ4v) is 1.88. The van der Waals surface area contributed by atoms with E-state index in [0.717, 1.165) is 4.90 Å². The van der Waals surface area contributed by atoms with Crippen molar-refractivity contribution in [1.29, 1.82) is 0 Å². The van der Waals surface area contributed by atoms with E-state index in [0.29, 0.717) is 0 Å². The second-order valence-electron chi connectivity index (χ2n) is 3.83. The minimum Gasteiger partial charge on any atom is -0.303 e. The second-order valence-corrected chi connectivity index (χ2v) is 4.24. The van der Waals surface area contributed by atoms with Gasteiger partial charge in [0.2, 0.25) is 0 Å². The summed E-state index contributed by atoms with van der Waals surface area (Å²) < 4.78 is 13.6. The number of hydrogen-bond acceptors (Lipinski definition) is 2. The highest BCUT2D eigenvalue weighted by molar-refractivity contribution is 6.32. The lowest BCUT2D eigenvalue weighted by atomic mass is 10.1. The Balaban J connectivity index is 2.38. The standard InChI is InChI=1S/C13H10ClFN2O2/c1-2-6-17-12(18)11(16-13(17)19)7-8-9(14)4-3-5-10(8)15/h2-5,7H,1,6H2,(H,16,19). The molecule has 19 heavy (non-hydrogen) atoms. The number of amides is 3. The highest BCUT2D eigenvalue weighted by atomic mass is 35.5. The molecular formula is C13H10ClFN2O2.